The molecule has 0 spiro atoms. The maximum atomic E-state index is 8.92. The number of hydrogen-bond acceptors (Lipinski definition) is 3. The Morgan fingerprint density at radius 1 is 1.47 bits per heavy atom. The molecule has 1 aliphatic heterocycles. The molecular weight excluding hydrogens is 278 g/mol. The first kappa shape index (κ1) is 12.4. The Balaban J connectivity index is 2.20. The summed E-state index contributed by atoms with van der Waals surface area (Å²) in [5, 5.41) is 8.92. The van der Waals surface area contributed by atoms with Gasteiger partial charge in [0.25, 0.3) is 0 Å². The van der Waals surface area contributed by atoms with Gasteiger partial charge < -0.3 is 9.80 Å². The van der Waals surface area contributed by atoms with Crippen LogP contribution in [-0.4, -0.2) is 37.6 Å². The van der Waals surface area contributed by atoms with Crippen molar-refractivity contribution in [3.63, 3.8) is 0 Å². The minimum absolute atomic E-state index is 0.299. The summed E-state index contributed by atoms with van der Waals surface area (Å²) in [6.45, 7) is 2.99. The van der Waals surface area contributed by atoms with Gasteiger partial charge in [0, 0.05) is 29.8 Å². The topological polar surface area (TPSA) is 30.3 Å². The van der Waals surface area contributed by atoms with E-state index in [1.165, 1.54) is 5.69 Å². The Hall–Kier alpha value is -1.05. The van der Waals surface area contributed by atoms with Gasteiger partial charge in [0.2, 0.25) is 0 Å². The molecule has 1 heterocycles. The summed E-state index contributed by atoms with van der Waals surface area (Å²) in [4.78, 5) is 4.63. The van der Waals surface area contributed by atoms with Crippen molar-refractivity contribution in [2.45, 2.75) is 12.5 Å². The minimum Gasteiger partial charge on any atom is -0.365 e. The van der Waals surface area contributed by atoms with Gasteiger partial charge in [-0.2, -0.15) is 5.26 Å². The van der Waals surface area contributed by atoms with E-state index in [1.807, 2.05) is 12.1 Å². The largest absolute Gasteiger partial charge is 0.365 e. The Morgan fingerprint density at radius 2 is 2.29 bits per heavy atom. The second-order valence-corrected chi connectivity index (χ2v) is 5.37. The van der Waals surface area contributed by atoms with Gasteiger partial charge in [-0.3, -0.25) is 0 Å². The molecule has 1 saturated heterocycles. The SMILES string of the molecule is CN1CCN(c2cccc(Br)c2)C(CC#N)C1. The van der Waals surface area contributed by atoms with E-state index in [0.29, 0.717) is 12.5 Å². The molecule has 1 aliphatic rings. The van der Waals surface area contributed by atoms with Crippen LogP contribution in [0.25, 0.3) is 0 Å². The van der Waals surface area contributed by atoms with E-state index in [-0.39, 0.29) is 0 Å². The molecule has 1 unspecified atom stereocenters. The molecule has 2 rings (SSSR count). The van der Waals surface area contributed by atoms with Gasteiger partial charge in [0.15, 0.2) is 0 Å². The fraction of sp³-hybridized carbons (Fsp3) is 0.462. The monoisotopic (exact) mass is 293 g/mol. The van der Waals surface area contributed by atoms with Crippen LogP contribution < -0.4 is 4.90 Å². The zero-order valence-electron chi connectivity index (χ0n) is 9.93. The van der Waals surface area contributed by atoms with E-state index >= 15 is 0 Å². The van der Waals surface area contributed by atoms with E-state index in [2.05, 4.69) is 51.0 Å². The Labute approximate surface area is 111 Å². The van der Waals surface area contributed by atoms with Crippen LogP contribution in [0.3, 0.4) is 0 Å². The van der Waals surface area contributed by atoms with Crippen molar-refractivity contribution >= 4 is 21.6 Å². The molecule has 0 radical (unpaired) electrons. The van der Waals surface area contributed by atoms with Crippen molar-refractivity contribution in [3.05, 3.63) is 28.7 Å². The van der Waals surface area contributed by atoms with Crippen LogP contribution in [-0.2, 0) is 0 Å². The predicted molar refractivity (Wildman–Crippen MR) is 73.0 cm³/mol. The summed E-state index contributed by atoms with van der Waals surface area (Å²) in [5.74, 6) is 0. The number of nitriles is 1. The molecule has 0 N–H and O–H groups in total. The lowest BCUT2D eigenvalue weighted by Gasteiger charge is -2.40. The number of halogens is 1. The molecule has 17 heavy (non-hydrogen) atoms. The van der Waals surface area contributed by atoms with E-state index in [9.17, 15) is 0 Å². The molecule has 90 valence electrons. The lowest BCUT2D eigenvalue weighted by molar-refractivity contribution is 0.268. The molecule has 3 nitrogen and oxygen atoms in total. The van der Waals surface area contributed by atoms with Crippen LogP contribution in [0, 0.1) is 11.3 Å². The molecule has 0 bridgehead atoms. The molecule has 0 aromatic heterocycles. The summed E-state index contributed by atoms with van der Waals surface area (Å²) < 4.78 is 1.09. The molecule has 1 atom stereocenters. The van der Waals surface area contributed by atoms with Crippen molar-refractivity contribution < 1.29 is 0 Å². The van der Waals surface area contributed by atoms with Crippen molar-refractivity contribution in [3.8, 4) is 6.07 Å². The number of likely N-dealkylation sites (N-methyl/N-ethyl adjacent to an activating group) is 1. The number of piperazine rings is 1. The molecular formula is C13H16BrN3. The molecule has 0 aliphatic carbocycles. The third-order valence-electron chi connectivity index (χ3n) is 3.15. The van der Waals surface area contributed by atoms with Gasteiger partial charge in [-0.25, -0.2) is 0 Å². The van der Waals surface area contributed by atoms with Crippen LogP contribution in [0.2, 0.25) is 0 Å². The quantitative estimate of drug-likeness (QED) is 0.839. The highest BCUT2D eigenvalue weighted by Crippen LogP contribution is 2.24. The normalized spacial score (nSPS) is 21.2. The summed E-state index contributed by atoms with van der Waals surface area (Å²) in [6.07, 6.45) is 0.580. The lowest BCUT2D eigenvalue weighted by atomic mass is 10.1. The number of nitrogens with zero attached hydrogens (tertiary/aromatic N) is 3. The van der Waals surface area contributed by atoms with E-state index in [4.69, 9.17) is 5.26 Å². The fourth-order valence-corrected chi connectivity index (χ4v) is 2.67. The fourth-order valence-electron chi connectivity index (χ4n) is 2.29. The van der Waals surface area contributed by atoms with Crippen LogP contribution in [0.15, 0.2) is 28.7 Å². The van der Waals surface area contributed by atoms with Crippen LogP contribution in [0.1, 0.15) is 6.42 Å². The molecule has 0 amide bonds. The smallest absolute Gasteiger partial charge is 0.0643 e. The molecule has 1 aromatic carbocycles. The van der Waals surface area contributed by atoms with E-state index in [1.54, 1.807) is 0 Å². The first-order chi connectivity index (χ1) is 8.20. The number of anilines is 1. The van der Waals surface area contributed by atoms with Crippen LogP contribution in [0.5, 0.6) is 0 Å². The third kappa shape index (κ3) is 2.99. The Bertz CT molecular complexity index is 427. The number of rotatable bonds is 2. The Kier molecular flexibility index (Phi) is 4.03. The second-order valence-electron chi connectivity index (χ2n) is 4.45. The number of hydrogen-bond donors (Lipinski definition) is 0. The summed E-state index contributed by atoms with van der Waals surface area (Å²) in [5.41, 5.74) is 1.20. The highest BCUT2D eigenvalue weighted by Gasteiger charge is 2.25. The Morgan fingerprint density at radius 3 is 3.00 bits per heavy atom. The van der Waals surface area contributed by atoms with Gasteiger partial charge in [-0.15, -0.1) is 0 Å². The third-order valence-corrected chi connectivity index (χ3v) is 3.65. The van der Waals surface area contributed by atoms with Crippen molar-refractivity contribution in [2.75, 3.05) is 31.6 Å². The van der Waals surface area contributed by atoms with Gasteiger partial charge in [0.05, 0.1) is 18.5 Å². The molecule has 1 aromatic rings. The first-order valence-electron chi connectivity index (χ1n) is 5.78. The van der Waals surface area contributed by atoms with Gasteiger partial charge in [-0.05, 0) is 25.2 Å². The highest BCUT2D eigenvalue weighted by atomic mass is 79.9. The predicted octanol–water partition coefficient (Wildman–Crippen LogP) is 2.48. The van der Waals surface area contributed by atoms with Crippen molar-refractivity contribution in [2.24, 2.45) is 0 Å². The first-order valence-corrected chi connectivity index (χ1v) is 6.57. The highest BCUT2D eigenvalue weighted by molar-refractivity contribution is 9.10. The zero-order chi connectivity index (χ0) is 12.3. The minimum atomic E-state index is 0.299. The lowest BCUT2D eigenvalue weighted by Crippen LogP contribution is -2.51. The summed E-state index contributed by atoms with van der Waals surface area (Å²) in [6, 6.07) is 10.9. The zero-order valence-corrected chi connectivity index (χ0v) is 11.5. The standard InChI is InChI=1S/C13H16BrN3/c1-16-7-8-17(13(10-16)5-6-15)12-4-2-3-11(14)9-12/h2-4,9,13H,5,7-8,10H2,1H3. The summed E-state index contributed by atoms with van der Waals surface area (Å²) >= 11 is 3.50. The van der Waals surface area contributed by atoms with Crippen molar-refractivity contribution in [1.29, 1.82) is 5.26 Å². The molecule has 0 saturated carbocycles. The average Bonchev–Trinajstić information content (AvgIpc) is 2.29. The van der Waals surface area contributed by atoms with Crippen LogP contribution >= 0.6 is 15.9 Å². The van der Waals surface area contributed by atoms with Gasteiger partial charge >= 0.3 is 0 Å². The van der Waals surface area contributed by atoms with Crippen molar-refractivity contribution in [1.82, 2.24) is 4.90 Å². The van der Waals surface area contributed by atoms with E-state index < -0.39 is 0 Å². The summed E-state index contributed by atoms with van der Waals surface area (Å²) in [7, 11) is 2.11. The van der Waals surface area contributed by atoms with Crippen LogP contribution in [0.4, 0.5) is 5.69 Å². The maximum Gasteiger partial charge on any atom is 0.0643 e. The average molecular weight is 294 g/mol. The van der Waals surface area contributed by atoms with Gasteiger partial charge in [0.1, 0.15) is 0 Å². The molecule has 1 fully saturated rings. The maximum absolute atomic E-state index is 8.92. The van der Waals surface area contributed by atoms with E-state index in [0.717, 1.165) is 24.1 Å². The molecule has 4 heteroatoms. The number of benzene rings is 1. The van der Waals surface area contributed by atoms with Gasteiger partial charge in [-0.1, -0.05) is 22.0 Å². The second kappa shape index (κ2) is 5.52.